The van der Waals surface area contributed by atoms with E-state index in [4.69, 9.17) is 0 Å². The lowest BCUT2D eigenvalue weighted by atomic mass is 10.3. The minimum atomic E-state index is 0.404. The molecule has 0 aromatic carbocycles. The Morgan fingerprint density at radius 1 is 1.62 bits per heavy atom. The smallest absolute Gasteiger partial charge is 0.185 e. The summed E-state index contributed by atoms with van der Waals surface area (Å²) in [6.07, 6.45) is 7.17. The molecular weight excluding hydrogens is 170 g/mol. The van der Waals surface area contributed by atoms with E-state index >= 15 is 0 Å². The summed E-state index contributed by atoms with van der Waals surface area (Å²) in [5.74, 6) is 0.404. The molecular formula is C8H7N3O2. The maximum Gasteiger partial charge on any atom is 0.185 e. The highest BCUT2D eigenvalue weighted by atomic mass is 16.5. The molecule has 5 nitrogen and oxygen atoms in total. The monoisotopic (exact) mass is 177 g/mol. The number of hydrogen-bond donors (Lipinski definition) is 0. The average molecular weight is 177 g/mol. The van der Waals surface area contributed by atoms with E-state index in [0.717, 1.165) is 5.56 Å². The molecule has 0 radical (unpaired) electrons. The summed E-state index contributed by atoms with van der Waals surface area (Å²) in [6, 6.07) is 0. The number of rotatable bonds is 3. The SMILES string of the molecule is O=Cc1nccn1Cc1cnoc1. The summed E-state index contributed by atoms with van der Waals surface area (Å²) in [5.41, 5.74) is 0.904. The van der Waals surface area contributed by atoms with Crippen molar-refractivity contribution in [3.05, 3.63) is 36.2 Å². The maximum atomic E-state index is 10.5. The number of imidazole rings is 1. The molecule has 2 aromatic rings. The summed E-state index contributed by atoms with van der Waals surface area (Å²) >= 11 is 0. The minimum Gasteiger partial charge on any atom is -0.364 e. The Morgan fingerprint density at radius 2 is 2.54 bits per heavy atom. The van der Waals surface area contributed by atoms with Crippen LogP contribution in [0.1, 0.15) is 16.2 Å². The standard InChI is InChI=1S/C8H7N3O2/c12-5-8-9-1-2-11(8)4-7-3-10-13-6-7/h1-3,5-6H,4H2. The van der Waals surface area contributed by atoms with Gasteiger partial charge in [-0.1, -0.05) is 5.16 Å². The Bertz CT molecular complexity index is 391. The molecule has 0 aliphatic rings. The van der Waals surface area contributed by atoms with Crippen molar-refractivity contribution in [2.24, 2.45) is 0 Å². The molecule has 0 amide bonds. The quantitative estimate of drug-likeness (QED) is 0.648. The molecule has 2 heterocycles. The van der Waals surface area contributed by atoms with E-state index in [0.29, 0.717) is 18.7 Å². The highest BCUT2D eigenvalue weighted by Crippen LogP contribution is 2.02. The molecule has 0 spiro atoms. The minimum absolute atomic E-state index is 0.404. The molecule has 0 saturated carbocycles. The molecule has 0 fully saturated rings. The van der Waals surface area contributed by atoms with Crippen molar-refractivity contribution in [2.75, 3.05) is 0 Å². The van der Waals surface area contributed by atoms with Crippen molar-refractivity contribution in [1.82, 2.24) is 14.7 Å². The Balaban J connectivity index is 2.23. The van der Waals surface area contributed by atoms with Gasteiger partial charge in [-0.25, -0.2) is 4.98 Å². The van der Waals surface area contributed by atoms with Crippen molar-refractivity contribution in [2.45, 2.75) is 6.54 Å². The number of carbonyl (C=O) groups excluding carboxylic acids is 1. The van der Waals surface area contributed by atoms with Gasteiger partial charge in [0, 0.05) is 18.0 Å². The summed E-state index contributed by atoms with van der Waals surface area (Å²) in [4.78, 5) is 14.4. The zero-order chi connectivity index (χ0) is 9.10. The third-order valence-electron chi connectivity index (χ3n) is 1.69. The van der Waals surface area contributed by atoms with Crippen molar-refractivity contribution < 1.29 is 9.32 Å². The van der Waals surface area contributed by atoms with Crippen LogP contribution >= 0.6 is 0 Å². The molecule has 0 N–H and O–H groups in total. The van der Waals surface area contributed by atoms with Crippen LogP contribution in [0.2, 0.25) is 0 Å². The van der Waals surface area contributed by atoms with E-state index in [1.807, 2.05) is 0 Å². The fourth-order valence-electron chi connectivity index (χ4n) is 1.07. The maximum absolute atomic E-state index is 10.5. The molecule has 2 rings (SSSR count). The van der Waals surface area contributed by atoms with Crippen molar-refractivity contribution in [1.29, 1.82) is 0 Å². The van der Waals surface area contributed by atoms with Crippen LogP contribution in [-0.2, 0) is 6.54 Å². The number of aldehydes is 1. The normalized spacial score (nSPS) is 10.2. The van der Waals surface area contributed by atoms with Gasteiger partial charge in [0.1, 0.15) is 6.26 Å². The molecule has 13 heavy (non-hydrogen) atoms. The highest BCUT2D eigenvalue weighted by Gasteiger charge is 2.02. The van der Waals surface area contributed by atoms with Gasteiger partial charge in [-0.2, -0.15) is 0 Å². The highest BCUT2D eigenvalue weighted by molar-refractivity contribution is 5.69. The molecule has 0 aliphatic carbocycles. The lowest BCUT2D eigenvalue weighted by Gasteiger charge is -1.99. The summed E-state index contributed by atoms with van der Waals surface area (Å²) < 4.78 is 6.39. The van der Waals surface area contributed by atoms with E-state index < -0.39 is 0 Å². The second-order valence-electron chi connectivity index (χ2n) is 2.56. The van der Waals surface area contributed by atoms with Gasteiger partial charge in [-0.05, 0) is 0 Å². The van der Waals surface area contributed by atoms with Gasteiger partial charge in [-0.3, -0.25) is 4.79 Å². The van der Waals surface area contributed by atoms with Crippen molar-refractivity contribution in [3.8, 4) is 0 Å². The van der Waals surface area contributed by atoms with E-state index in [1.165, 1.54) is 6.26 Å². The topological polar surface area (TPSA) is 60.9 Å². The molecule has 0 unspecified atom stereocenters. The van der Waals surface area contributed by atoms with Crippen molar-refractivity contribution >= 4 is 6.29 Å². The second kappa shape index (κ2) is 3.22. The van der Waals surface area contributed by atoms with Crippen LogP contribution in [0.5, 0.6) is 0 Å². The van der Waals surface area contributed by atoms with Gasteiger partial charge in [0.05, 0.1) is 12.7 Å². The molecule has 0 saturated heterocycles. The van der Waals surface area contributed by atoms with Crippen LogP contribution in [0.4, 0.5) is 0 Å². The van der Waals surface area contributed by atoms with Gasteiger partial charge in [0.25, 0.3) is 0 Å². The van der Waals surface area contributed by atoms with Crippen LogP contribution in [-0.4, -0.2) is 21.0 Å². The molecule has 5 heteroatoms. The van der Waals surface area contributed by atoms with Gasteiger partial charge < -0.3 is 9.09 Å². The van der Waals surface area contributed by atoms with Crippen LogP contribution in [0, 0.1) is 0 Å². The van der Waals surface area contributed by atoms with E-state index in [9.17, 15) is 4.79 Å². The van der Waals surface area contributed by atoms with Gasteiger partial charge >= 0.3 is 0 Å². The first kappa shape index (κ1) is 7.72. The Hall–Kier alpha value is -1.91. The third-order valence-corrected chi connectivity index (χ3v) is 1.69. The summed E-state index contributed by atoms with van der Waals surface area (Å²) in [5, 5.41) is 3.56. The number of nitrogens with zero attached hydrogens (tertiary/aromatic N) is 3. The fourth-order valence-corrected chi connectivity index (χ4v) is 1.07. The first-order valence-corrected chi connectivity index (χ1v) is 3.74. The molecule has 66 valence electrons. The number of carbonyl (C=O) groups is 1. The summed E-state index contributed by atoms with van der Waals surface area (Å²) in [6.45, 7) is 0.553. The van der Waals surface area contributed by atoms with Crippen LogP contribution in [0.15, 0.2) is 29.4 Å². The van der Waals surface area contributed by atoms with Gasteiger partial charge in [-0.15, -0.1) is 0 Å². The lowest BCUT2D eigenvalue weighted by Crippen LogP contribution is -2.02. The van der Waals surface area contributed by atoms with E-state index in [1.54, 1.807) is 23.2 Å². The fraction of sp³-hybridized carbons (Fsp3) is 0.125. The molecule has 0 aliphatic heterocycles. The number of hydrogen-bond acceptors (Lipinski definition) is 4. The predicted molar refractivity (Wildman–Crippen MR) is 43.2 cm³/mol. The van der Waals surface area contributed by atoms with Crippen molar-refractivity contribution in [3.63, 3.8) is 0 Å². The van der Waals surface area contributed by atoms with Gasteiger partial charge in [0.15, 0.2) is 12.1 Å². The lowest BCUT2D eigenvalue weighted by molar-refractivity contribution is 0.111. The first-order chi connectivity index (χ1) is 6.40. The first-order valence-electron chi connectivity index (χ1n) is 3.74. The van der Waals surface area contributed by atoms with Crippen LogP contribution in [0.25, 0.3) is 0 Å². The van der Waals surface area contributed by atoms with Crippen LogP contribution in [0.3, 0.4) is 0 Å². The summed E-state index contributed by atoms with van der Waals surface area (Å²) in [7, 11) is 0. The Morgan fingerprint density at radius 3 is 3.23 bits per heavy atom. The molecule has 0 atom stereocenters. The largest absolute Gasteiger partial charge is 0.364 e. The van der Waals surface area contributed by atoms with E-state index in [-0.39, 0.29) is 0 Å². The Labute approximate surface area is 74.0 Å². The Kier molecular flexibility index (Phi) is 1.91. The molecule has 0 bridgehead atoms. The van der Waals surface area contributed by atoms with E-state index in [2.05, 4.69) is 14.7 Å². The number of aromatic nitrogens is 3. The second-order valence-corrected chi connectivity index (χ2v) is 2.56. The van der Waals surface area contributed by atoms with Gasteiger partial charge in [0.2, 0.25) is 0 Å². The third kappa shape index (κ3) is 1.48. The average Bonchev–Trinajstić information content (AvgIpc) is 2.76. The zero-order valence-electron chi connectivity index (χ0n) is 6.75. The molecule has 2 aromatic heterocycles. The predicted octanol–water partition coefficient (Wildman–Crippen LogP) is 0.732. The zero-order valence-corrected chi connectivity index (χ0v) is 6.75. The van der Waals surface area contributed by atoms with Crippen LogP contribution < -0.4 is 0 Å².